The summed E-state index contributed by atoms with van der Waals surface area (Å²) in [5.41, 5.74) is 1.94. The van der Waals surface area contributed by atoms with Crippen molar-refractivity contribution in [2.24, 2.45) is 0 Å². The molecule has 0 radical (unpaired) electrons. The molecule has 1 aliphatic rings. The van der Waals surface area contributed by atoms with Crippen molar-refractivity contribution < 1.29 is 19.0 Å². The highest BCUT2D eigenvalue weighted by Gasteiger charge is 2.21. The van der Waals surface area contributed by atoms with Crippen molar-refractivity contribution in [2.75, 3.05) is 51.9 Å². The molecule has 1 heterocycles. The van der Waals surface area contributed by atoms with Crippen LogP contribution in [0.4, 0.5) is 5.69 Å². The van der Waals surface area contributed by atoms with Gasteiger partial charge in [-0.05, 0) is 42.8 Å². The van der Waals surface area contributed by atoms with E-state index in [2.05, 4.69) is 11.0 Å². The molecule has 1 aliphatic heterocycles. The molecule has 0 bridgehead atoms. The number of anilines is 1. The number of amides is 1. The second-order valence-electron chi connectivity index (χ2n) is 6.69. The summed E-state index contributed by atoms with van der Waals surface area (Å²) in [4.78, 5) is 16.8. The molecule has 2 aromatic carbocycles. The molecule has 6 nitrogen and oxygen atoms in total. The number of ether oxygens (including phenoxy) is 3. The lowest BCUT2D eigenvalue weighted by Gasteiger charge is -2.36. The third-order valence-corrected chi connectivity index (χ3v) is 4.89. The van der Waals surface area contributed by atoms with Gasteiger partial charge in [0.1, 0.15) is 17.2 Å². The molecule has 0 saturated carbocycles. The predicted octanol–water partition coefficient (Wildman–Crippen LogP) is 3.46. The average molecular weight is 396 g/mol. The fraction of sp³-hybridized carbons (Fsp3) is 0.348. The first kappa shape index (κ1) is 20.6. The standard InChI is InChI=1S/C23H28N2O4/c1-4-29-22-8-6-5-7-21(22)24-11-13-25(14-12-24)23(26)10-9-18-15-19(27-2)17-20(16-18)28-3/h5-10,15-17H,4,11-14H2,1-3H3/b10-9+. The number of methoxy groups -OCH3 is 2. The Morgan fingerprint density at radius 3 is 2.28 bits per heavy atom. The minimum atomic E-state index is 0.00419. The summed E-state index contributed by atoms with van der Waals surface area (Å²) in [6.45, 7) is 5.51. The molecule has 2 aromatic rings. The predicted molar refractivity (Wildman–Crippen MR) is 115 cm³/mol. The minimum absolute atomic E-state index is 0.00419. The van der Waals surface area contributed by atoms with Crippen molar-refractivity contribution >= 4 is 17.7 Å². The van der Waals surface area contributed by atoms with Gasteiger partial charge in [0.05, 0.1) is 26.5 Å². The zero-order valence-corrected chi connectivity index (χ0v) is 17.3. The second kappa shape index (κ2) is 9.87. The fourth-order valence-electron chi connectivity index (χ4n) is 3.36. The van der Waals surface area contributed by atoms with Gasteiger partial charge in [-0.15, -0.1) is 0 Å². The zero-order valence-electron chi connectivity index (χ0n) is 17.3. The molecule has 3 rings (SSSR count). The van der Waals surface area contributed by atoms with Gasteiger partial charge < -0.3 is 24.0 Å². The highest BCUT2D eigenvalue weighted by atomic mass is 16.5. The Balaban J connectivity index is 1.61. The summed E-state index contributed by atoms with van der Waals surface area (Å²) in [6, 6.07) is 13.6. The van der Waals surface area contributed by atoms with Crippen LogP contribution >= 0.6 is 0 Å². The summed E-state index contributed by atoms with van der Waals surface area (Å²) < 4.78 is 16.3. The molecule has 0 spiro atoms. The Morgan fingerprint density at radius 2 is 1.66 bits per heavy atom. The van der Waals surface area contributed by atoms with Crippen LogP contribution in [0, 0.1) is 0 Å². The first-order valence-electron chi connectivity index (χ1n) is 9.81. The zero-order chi connectivity index (χ0) is 20.6. The minimum Gasteiger partial charge on any atom is -0.497 e. The summed E-state index contributed by atoms with van der Waals surface area (Å²) in [7, 11) is 3.22. The topological polar surface area (TPSA) is 51.2 Å². The first-order chi connectivity index (χ1) is 14.1. The highest BCUT2D eigenvalue weighted by molar-refractivity contribution is 5.92. The third-order valence-electron chi connectivity index (χ3n) is 4.89. The number of para-hydroxylation sites is 2. The Morgan fingerprint density at radius 1 is 1.00 bits per heavy atom. The molecule has 154 valence electrons. The number of hydrogen-bond donors (Lipinski definition) is 0. The monoisotopic (exact) mass is 396 g/mol. The van der Waals surface area contributed by atoms with Crippen LogP contribution in [-0.2, 0) is 4.79 Å². The van der Waals surface area contributed by atoms with E-state index >= 15 is 0 Å². The van der Waals surface area contributed by atoms with Gasteiger partial charge in [-0.1, -0.05) is 12.1 Å². The van der Waals surface area contributed by atoms with Crippen molar-refractivity contribution in [3.8, 4) is 17.2 Å². The van der Waals surface area contributed by atoms with Crippen LogP contribution in [0.5, 0.6) is 17.2 Å². The maximum atomic E-state index is 12.6. The Labute approximate surface area is 172 Å². The largest absolute Gasteiger partial charge is 0.497 e. The smallest absolute Gasteiger partial charge is 0.246 e. The molecule has 6 heteroatoms. The second-order valence-corrected chi connectivity index (χ2v) is 6.69. The van der Waals surface area contributed by atoms with E-state index in [0.29, 0.717) is 31.2 Å². The van der Waals surface area contributed by atoms with Crippen LogP contribution in [0.3, 0.4) is 0 Å². The number of hydrogen-bond acceptors (Lipinski definition) is 5. The molecular weight excluding hydrogens is 368 g/mol. The summed E-state index contributed by atoms with van der Waals surface area (Å²) in [5, 5.41) is 0. The van der Waals surface area contributed by atoms with E-state index in [1.807, 2.05) is 42.2 Å². The average Bonchev–Trinajstić information content (AvgIpc) is 2.78. The maximum absolute atomic E-state index is 12.6. The van der Waals surface area contributed by atoms with Crippen molar-refractivity contribution in [1.29, 1.82) is 0 Å². The molecule has 1 saturated heterocycles. The van der Waals surface area contributed by atoms with E-state index in [4.69, 9.17) is 14.2 Å². The van der Waals surface area contributed by atoms with Crippen molar-refractivity contribution in [3.05, 3.63) is 54.1 Å². The first-order valence-corrected chi connectivity index (χ1v) is 9.81. The molecule has 0 unspecified atom stereocenters. The van der Waals surface area contributed by atoms with Gasteiger partial charge in [-0.2, -0.15) is 0 Å². The quantitative estimate of drug-likeness (QED) is 0.671. The van der Waals surface area contributed by atoms with Crippen molar-refractivity contribution in [3.63, 3.8) is 0 Å². The Hall–Kier alpha value is -3.15. The summed E-state index contributed by atoms with van der Waals surface area (Å²) in [6.07, 6.45) is 3.40. The number of benzene rings is 2. The molecule has 29 heavy (non-hydrogen) atoms. The van der Waals surface area contributed by atoms with Gasteiger partial charge in [0.25, 0.3) is 0 Å². The van der Waals surface area contributed by atoms with Crippen LogP contribution in [0.2, 0.25) is 0 Å². The summed E-state index contributed by atoms with van der Waals surface area (Å²) >= 11 is 0. The lowest BCUT2D eigenvalue weighted by molar-refractivity contribution is -0.126. The molecular formula is C23H28N2O4. The third kappa shape index (κ3) is 5.22. The van der Waals surface area contributed by atoms with Gasteiger partial charge in [0.2, 0.25) is 5.91 Å². The van der Waals surface area contributed by atoms with E-state index in [1.165, 1.54) is 0 Å². The van der Waals surface area contributed by atoms with E-state index in [-0.39, 0.29) is 5.91 Å². The van der Waals surface area contributed by atoms with Crippen molar-refractivity contribution in [1.82, 2.24) is 4.90 Å². The van der Waals surface area contributed by atoms with Gasteiger partial charge in [0, 0.05) is 38.3 Å². The SMILES string of the molecule is CCOc1ccccc1N1CCN(C(=O)/C=C/c2cc(OC)cc(OC)c2)CC1. The molecule has 1 fully saturated rings. The number of carbonyl (C=O) groups excluding carboxylic acids is 1. The summed E-state index contributed by atoms with van der Waals surface area (Å²) in [5.74, 6) is 2.28. The normalized spacial score (nSPS) is 14.2. The van der Waals surface area contributed by atoms with E-state index in [9.17, 15) is 4.79 Å². The number of carbonyl (C=O) groups is 1. The van der Waals surface area contributed by atoms with E-state index in [1.54, 1.807) is 32.4 Å². The lowest BCUT2D eigenvalue weighted by atomic mass is 10.1. The van der Waals surface area contributed by atoms with Gasteiger partial charge >= 0.3 is 0 Å². The van der Waals surface area contributed by atoms with E-state index < -0.39 is 0 Å². The van der Waals surface area contributed by atoms with Crippen molar-refractivity contribution in [2.45, 2.75) is 6.92 Å². The molecule has 0 atom stereocenters. The molecule has 1 amide bonds. The fourth-order valence-corrected chi connectivity index (χ4v) is 3.36. The van der Waals surface area contributed by atoms with Crippen LogP contribution in [-0.4, -0.2) is 57.8 Å². The lowest BCUT2D eigenvalue weighted by Crippen LogP contribution is -2.48. The number of rotatable bonds is 7. The van der Waals surface area contributed by atoms with Crippen LogP contribution in [0.1, 0.15) is 12.5 Å². The molecule has 0 N–H and O–H groups in total. The van der Waals surface area contributed by atoms with Gasteiger partial charge in [0.15, 0.2) is 0 Å². The Bertz CT molecular complexity index is 835. The number of piperazine rings is 1. The number of nitrogens with zero attached hydrogens (tertiary/aromatic N) is 2. The van der Waals surface area contributed by atoms with Crippen LogP contribution in [0.25, 0.3) is 6.08 Å². The highest BCUT2D eigenvalue weighted by Crippen LogP contribution is 2.29. The van der Waals surface area contributed by atoms with Crippen LogP contribution in [0.15, 0.2) is 48.5 Å². The van der Waals surface area contributed by atoms with Gasteiger partial charge in [-0.25, -0.2) is 0 Å². The molecule has 0 aromatic heterocycles. The molecule has 0 aliphatic carbocycles. The maximum Gasteiger partial charge on any atom is 0.246 e. The van der Waals surface area contributed by atoms with Gasteiger partial charge in [-0.3, -0.25) is 4.79 Å². The van der Waals surface area contributed by atoms with E-state index in [0.717, 1.165) is 30.1 Å². The Kier molecular flexibility index (Phi) is 7.00. The van der Waals surface area contributed by atoms with Crippen LogP contribution < -0.4 is 19.1 Å².